The molecule has 9 nitrogen and oxygen atoms in total. The highest BCUT2D eigenvalue weighted by atomic mass is 16.5. The number of para-hydroxylation sites is 1. The summed E-state index contributed by atoms with van der Waals surface area (Å²) in [7, 11) is 0. The molecule has 0 fully saturated rings. The monoisotopic (exact) mass is 403 g/mol. The van der Waals surface area contributed by atoms with Gasteiger partial charge in [0.1, 0.15) is 6.33 Å². The van der Waals surface area contributed by atoms with Gasteiger partial charge in [-0.3, -0.25) is 4.79 Å². The minimum Gasteiger partial charge on any atom is -0.334 e. The Morgan fingerprint density at radius 2 is 1.97 bits per heavy atom. The summed E-state index contributed by atoms with van der Waals surface area (Å²) in [5.41, 5.74) is 3.99. The van der Waals surface area contributed by atoms with E-state index < -0.39 is 0 Å². The maximum atomic E-state index is 12.7. The number of carbonyl (C=O) groups excluding carboxylic acids is 1. The number of tetrazole rings is 1. The van der Waals surface area contributed by atoms with Crippen LogP contribution in [-0.2, 0) is 11.2 Å². The molecule has 0 unspecified atom stereocenters. The molecule has 0 saturated heterocycles. The number of hydrogen-bond donors (Lipinski definition) is 1. The molecular formula is C21H21N7O2. The smallest absolute Gasteiger partial charge is 0.260 e. The van der Waals surface area contributed by atoms with Gasteiger partial charge in [0.05, 0.1) is 23.4 Å². The zero-order chi connectivity index (χ0) is 21.1. The van der Waals surface area contributed by atoms with E-state index in [1.54, 1.807) is 4.68 Å². The van der Waals surface area contributed by atoms with E-state index in [9.17, 15) is 4.79 Å². The van der Waals surface area contributed by atoms with Crippen LogP contribution in [0.4, 0.5) is 5.69 Å². The molecule has 0 bridgehead atoms. The molecule has 2 heterocycles. The predicted octanol–water partition coefficient (Wildman–Crippen LogP) is 3.33. The van der Waals surface area contributed by atoms with E-state index in [-0.39, 0.29) is 18.2 Å². The normalized spacial score (nSPS) is 11.1. The first kappa shape index (κ1) is 19.4. The molecule has 0 aliphatic rings. The van der Waals surface area contributed by atoms with Crippen LogP contribution < -0.4 is 5.32 Å². The summed E-state index contributed by atoms with van der Waals surface area (Å²) in [5, 5.41) is 18.1. The first-order valence-corrected chi connectivity index (χ1v) is 9.57. The van der Waals surface area contributed by atoms with E-state index in [0.29, 0.717) is 23.0 Å². The number of carbonyl (C=O) groups is 1. The molecule has 4 rings (SSSR count). The van der Waals surface area contributed by atoms with Crippen molar-refractivity contribution in [2.75, 3.05) is 5.32 Å². The Morgan fingerprint density at radius 1 is 1.17 bits per heavy atom. The minimum atomic E-state index is -0.135. The Bertz CT molecular complexity index is 1150. The van der Waals surface area contributed by atoms with Crippen LogP contribution >= 0.6 is 0 Å². The molecule has 1 amide bonds. The van der Waals surface area contributed by atoms with Crippen LogP contribution in [0.5, 0.6) is 0 Å². The average Bonchev–Trinajstić information content (AvgIpc) is 3.42. The molecule has 0 aliphatic heterocycles. The lowest BCUT2D eigenvalue weighted by Gasteiger charge is -2.12. The maximum Gasteiger partial charge on any atom is 0.260 e. The molecule has 1 N–H and O–H groups in total. The summed E-state index contributed by atoms with van der Waals surface area (Å²) in [6.45, 7) is 5.93. The summed E-state index contributed by atoms with van der Waals surface area (Å²) in [6, 6.07) is 13.2. The van der Waals surface area contributed by atoms with Gasteiger partial charge in [-0.2, -0.15) is 4.98 Å². The molecule has 0 spiro atoms. The number of nitrogens with zero attached hydrogens (tertiary/aromatic N) is 6. The van der Waals surface area contributed by atoms with Gasteiger partial charge in [0.15, 0.2) is 5.82 Å². The number of anilines is 1. The molecule has 4 aromatic rings. The lowest BCUT2D eigenvalue weighted by Crippen LogP contribution is -2.16. The van der Waals surface area contributed by atoms with Crippen LogP contribution in [0.2, 0.25) is 0 Å². The molecule has 30 heavy (non-hydrogen) atoms. The van der Waals surface area contributed by atoms with Crippen molar-refractivity contribution in [2.45, 2.75) is 33.1 Å². The summed E-state index contributed by atoms with van der Waals surface area (Å²) in [6.07, 6.45) is 1.74. The van der Waals surface area contributed by atoms with Crippen LogP contribution in [0.3, 0.4) is 0 Å². The number of nitrogens with one attached hydrogen (secondary N) is 1. The van der Waals surface area contributed by atoms with Gasteiger partial charge in [0.25, 0.3) is 5.89 Å². The van der Waals surface area contributed by atoms with Gasteiger partial charge in [0.2, 0.25) is 5.91 Å². The van der Waals surface area contributed by atoms with Crippen LogP contribution in [0.1, 0.15) is 36.7 Å². The molecule has 9 heteroatoms. The molecule has 152 valence electrons. The second kappa shape index (κ2) is 8.24. The van der Waals surface area contributed by atoms with Crippen LogP contribution in [0.15, 0.2) is 53.3 Å². The van der Waals surface area contributed by atoms with Gasteiger partial charge in [-0.25, -0.2) is 4.68 Å². The Kier molecular flexibility index (Phi) is 5.34. The Hall–Kier alpha value is -3.88. The maximum absolute atomic E-state index is 12.7. The predicted molar refractivity (Wildman–Crippen MR) is 110 cm³/mol. The van der Waals surface area contributed by atoms with Crippen molar-refractivity contribution in [2.24, 2.45) is 0 Å². The second-order valence-corrected chi connectivity index (χ2v) is 7.26. The molecule has 0 radical (unpaired) electrons. The van der Waals surface area contributed by atoms with Crippen LogP contribution in [0, 0.1) is 6.92 Å². The quantitative estimate of drug-likeness (QED) is 0.525. The lowest BCUT2D eigenvalue weighted by molar-refractivity contribution is -0.115. The van der Waals surface area contributed by atoms with Gasteiger partial charge in [-0.1, -0.05) is 43.3 Å². The Morgan fingerprint density at radius 3 is 2.63 bits per heavy atom. The molecule has 0 atom stereocenters. The van der Waals surface area contributed by atoms with Crippen molar-refractivity contribution in [1.29, 1.82) is 0 Å². The largest absolute Gasteiger partial charge is 0.334 e. The van der Waals surface area contributed by atoms with Gasteiger partial charge in [-0.05, 0) is 46.7 Å². The zero-order valence-electron chi connectivity index (χ0n) is 16.9. The van der Waals surface area contributed by atoms with Gasteiger partial charge >= 0.3 is 0 Å². The summed E-state index contributed by atoms with van der Waals surface area (Å²) >= 11 is 0. The molecular weight excluding hydrogens is 382 g/mol. The third-order valence-electron chi connectivity index (χ3n) is 4.64. The van der Waals surface area contributed by atoms with Crippen molar-refractivity contribution < 1.29 is 9.32 Å². The summed E-state index contributed by atoms with van der Waals surface area (Å²) in [5.74, 6) is 1.04. The van der Waals surface area contributed by atoms with Gasteiger partial charge in [-0.15, -0.1) is 5.10 Å². The fourth-order valence-electron chi connectivity index (χ4n) is 3.01. The summed E-state index contributed by atoms with van der Waals surface area (Å²) < 4.78 is 6.98. The lowest BCUT2D eigenvalue weighted by atomic mass is 10.1. The van der Waals surface area contributed by atoms with Gasteiger partial charge < -0.3 is 9.84 Å². The van der Waals surface area contributed by atoms with E-state index in [0.717, 1.165) is 16.8 Å². The number of amides is 1. The fraction of sp³-hybridized carbons (Fsp3) is 0.238. The standard InChI is InChI=1S/C21H21N7O2/c1-13(2)20-24-21(30-25-20)17-6-4-5-14(3)19(17)23-18(29)11-15-7-9-16(10-8-15)28-12-22-26-27-28/h4-10,12-13H,11H2,1-3H3,(H,23,29). The SMILES string of the molecule is Cc1cccc(-c2nc(C(C)C)no2)c1NC(=O)Cc1ccc(-n2cnnn2)cc1. The van der Waals surface area contributed by atoms with Crippen molar-refractivity contribution in [3.05, 3.63) is 65.7 Å². The molecule has 0 aliphatic carbocycles. The molecule has 0 saturated carbocycles. The topological polar surface area (TPSA) is 112 Å². The zero-order valence-corrected chi connectivity index (χ0v) is 16.9. The average molecular weight is 403 g/mol. The second-order valence-electron chi connectivity index (χ2n) is 7.26. The highest BCUT2D eigenvalue weighted by Crippen LogP contribution is 2.30. The van der Waals surface area contributed by atoms with E-state index in [4.69, 9.17) is 4.52 Å². The Labute approximate surface area is 173 Å². The van der Waals surface area contributed by atoms with Crippen molar-refractivity contribution >= 4 is 11.6 Å². The van der Waals surface area contributed by atoms with Gasteiger partial charge in [0, 0.05) is 5.92 Å². The number of benzene rings is 2. The highest BCUT2D eigenvalue weighted by Gasteiger charge is 2.18. The molecule has 2 aromatic heterocycles. The van der Waals surface area contributed by atoms with E-state index in [1.807, 2.05) is 63.2 Å². The van der Waals surface area contributed by atoms with Crippen LogP contribution in [-0.4, -0.2) is 36.3 Å². The first-order valence-electron chi connectivity index (χ1n) is 9.57. The number of hydrogen-bond acceptors (Lipinski definition) is 7. The Balaban J connectivity index is 1.52. The van der Waals surface area contributed by atoms with Crippen LogP contribution in [0.25, 0.3) is 17.1 Å². The fourth-order valence-corrected chi connectivity index (χ4v) is 3.01. The van der Waals surface area contributed by atoms with Crippen molar-refractivity contribution in [1.82, 2.24) is 30.3 Å². The highest BCUT2D eigenvalue weighted by molar-refractivity contribution is 5.96. The van der Waals surface area contributed by atoms with Crippen molar-refractivity contribution in [3.8, 4) is 17.1 Å². The molecule has 2 aromatic carbocycles. The number of aryl methyl sites for hydroxylation is 1. The van der Waals surface area contributed by atoms with E-state index >= 15 is 0 Å². The number of aromatic nitrogens is 6. The summed E-state index contributed by atoms with van der Waals surface area (Å²) in [4.78, 5) is 17.2. The third-order valence-corrected chi connectivity index (χ3v) is 4.64. The third kappa shape index (κ3) is 4.09. The first-order chi connectivity index (χ1) is 14.5. The van der Waals surface area contributed by atoms with Crippen molar-refractivity contribution in [3.63, 3.8) is 0 Å². The minimum absolute atomic E-state index is 0.135. The van der Waals surface area contributed by atoms with E-state index in [2.05, 4.69) is 31.0 Å². The van der Waals surface area contributed by atoms with E-state index in [1.165, 1.54) is 6.33 Å². The number of rotatable bonds is 6.